The van der Waals surface area contributed by atoms with Gasteiger partial charge in [-0.3, -0.25) is 0 Å². The molecular formula is C19H24O4S. The molecule has 0 heterocycles. The fourth-order valence-corrected chi connectivity index (χ4v) is 3.52. The van der Waals surface area contributed by atoms with Crippen molar-refractivity contribution >= 4 is 11.8 Å². The third-order valence-corrected chi connectivity index (χ3v) is 5.24. The van der Waals surface area contributed by atoms with Crippen molar-refractivity contribution in [1.29, 1.82) is 0 Å². The Morgan fingerprint density at radius 3 is 2.33 bits per heavy atom. The Kier molecular flexibility index (Phi) is 7.12. The molecule has 2 rings (SSSR count). The first-order chi connectivity index (χ1) is 11.6. The molecule has 24 heavy (non-hydrogen) atoms. The third kappa shape index (κ3) is 4.74. The summed E-state index contributed by atoms with van der Waals surface area (Å²) in [6.07, 6.45) is -1.42. The summed E-state index contributed by atoms with van der Waals surface area (Å²) in [4.78, 5) is 0.966. The van der Waals surface area contributed by atoms with Gasteiger partial charge < -0.3 is 20.1 Å². The monoisotopic (exact) mass is 348 g/mol. The first kappa shape index (κ1) is 18.8. The van der Waals surface area contributed by atoms with Crippen molar-refractivity contribution in [3.63, 3.8) is 0 Å². The minimum absolute atomic E-state index is 0.0237. The van der Waals surface area contributed by atoms with E-state index in [2.05, 4.69) is 0 Å². The second-order valence-corrected chi connectivity index (χ2v) is 6.79. The highest BCUT2D eigenvalue weighted by Crippen LogP contribution is 2.32. The Morgan fingerprint density at radius 1 is 1.04 bits per heavy atom. The maximum Gasteiger partial charge on any atom is 0.132 e. The summed E-state index contributed by atoms with van der Waals surface area (Å²) < 4.78 is 5.30. The first-order valence-corrected chi connectivity index (χ1v) is 8.87. The standard InChI is InChI=1S/C19H24O4S/c1-13(19(22)15-9-7-14(11-20)8-10-15)16(21)12-24-18-6-4-3-5-17(18)23-2/h3-10,13,16,19-22H,11-12H2,1-2H3/t13-,16+,19+/m0/s1. The summed E-state index contributed by atoms with van der Waals surface area (Å²) in [5.41, 5.74) is 1.53. The molecule has 0 saturated heterocycles. The summed E-state index contributed by atoms with van der Waals surface area (Å²) in [5.74, 6) is 0.933. The van der Waals surface area contributed by atoms with Crippen LogP contribution in [0, 0.1) is 5.92 Å². The SMILES string of the molecule is COc1ccccc1SC[C@@H](O)[C@H](C)[C@@H](O)c1ccc(CO)cc1. The molecule has 2 aromatic carbocycles. The lowest BCUT2D eigenvalue weighted by Crippen LogP contribution is -2.26. The van der Waals surface area contributed by atoms with Gasteiger partial charge in [0.25, 0.3) is 0 Å². The summed E-state index contributed by atoms with van der Waals surface area (Å²) >= 11 is 1.51. The highest BCUT2D eigenvalue weighted by molar-refractivity contribution is 7.99. The largest absolute Gasteiger partial charge is 0.496 e. The molecule has 130 valence electrons. The Bertz CT molecular complexity index is 630. The van der Waals surface area contributed by atoms with Crippen molar-refractivity contribution < 1.29 is 20.1 Å². The van der Waals surface area contributed by atoms with Crippen molar-refractivity contribution in [1.82, 2.24) is 0 Å². The third-order valence-electron chi connectivity index (χ3n) is 4.09. The predicted molar refractivity (Wildman–Crippen MR) is 96.2 cm³/mol. The van der Waals surface area contributed by atoms with Crippen LogP contribution in [0.2, 0.25) is 0 Å². The van der Waals surface area contributed by atoms with Gasteiger partial charge in [0.2, 0.25) is 0 Å². The fraction of sp³-hybridized carbons (Fsp3) is 0.368. The van der Waals surface area contributed by atoms with E-state index in [0.717, 1.165) is 21.8 Å². The number of thioether (sulfide) groups is 1. The molecule has 0 aliphatic carbocycles. The van der Waals surface area contributed by atoms with E-state index in [4.69, 9.17) is 9.84 Å². The van der Waals surface area contributed by atoms with Crippen LogP contribution in [0.4, 0.5) is 0 Å². The molecule has 3 atom stereocenters. The van der Waals surface area contributed by atoms with Crippen LogP contribution in [0.5, 0.6) is 5.75 Å². The number of aliphatic hydroxyl groups excluding tert-OH is 3. The molecule has 0 unspecified atom stereocenters. The van der Waals surface area contributed by atoms with Crippen molar-refractivity contribution in [2.45, 2.75) is 30.6 Å². The van der Waals surface area contributed by atoms with E-state index < -0.39 is 12.2 Å². The molecule has 0 spiro atoms. The topological polar surface area (TPSA) is 69.9 Å². The number of methoxy groups -OCH3 is 1. The molecule has 0 amide bonds. The van der Waals surface area contributed by atoms with E-state index in [1.807, 2.05) is 31.2 Å². The van der Waals surface area contributed by atoms with E-state index in [1.165, 1.54) is 11.8 Å². The molecule has 0 fully saturated rings. The smallest absolute Gasteiger partial charge is 0.132 e. The van der Waals surface area contributed by atoms with Gasteiger partial charge in [0.05, 0.1) is 25.9 Å². The van der Waals surface area contributed by atoms with Gasteiger partial charge in [-0.25, -0.2) is 0 Å². The van der Waals surface area contributed by atoms with Crippen LogP contribution in [-0.2, 0) is 6.61 Å². The number of rotatable bonds is 8. The molecule has 0 bridgehead atoms. The Balaban J connectivity index is 1.96. The maximum absolute atomic E-state index is 10.5. The van der Waals surface area contributed by atoms with Gasteiger partial charge in [-0.1, -0.05) is 43.3 Å². The molecule has 2 aromatic rings. The molecule has 3 N–H and O–H groups in total. The fourth-order valence-electron chi connectivity index (χ4n) is 2.40. The first-order valence-electron chi connectivity index (χ1n) is 7.88. The Hall–Kier alpha value is -1.53. The highest BCUT2D eigenvalue weighted by Gasteiger charge is 2.24. The lowest BCUT2D eigenvalue weighted by atomic mass is 9.93. The van der Waals surface area contributed by atoms with Crippen LogP contribution in [0.3, 0.4) is 0 Å². The van der Waals surface area contributed by atoms with Crippen LogP contribution in [0.15, 0.2) is 53.4 Å². The predicted octanol–water partition coefficient (Wildman–Crippen LogP) is 3.01. The maximum atomic E-state index is 10.5. The number of para-hydroxylation sites is 1. The number of benzene rings is 2. The van der Waals surface area contributed by atoms with E-state index in [-0.39, 0.29) is 12.5 Å². The number of hydrogen-bond acceptors (Lipinski definition) is 5. The van der Waals surface area contributed by atoms with Gasteiger partial charge in [0.1, 0.15) is 5.75 Å². The Morgan fingerprint density at radius 2 is 1.71 bits per heavy atom. The summed E-state index contributed by atoms with van der Waals surface area (Å²) in [6.45, 7) is 1.81. The molecule has 0 aliphatic heterocycles. The zero-order valence-electron chi connectivity index (χ0n) is 13.9. The van der Waals surface area contributed by atoms with Crippen LogP contribution in [0.1, 0.15) is 24.2 Å². The average molecular weight is 348 g/mol. The van der Waals surface area contributed by atoms with E-state index in [1.54, 1.807) is 31.4 Å². The quantitative estimate of drug-likeness (QED) is 0.640. The Labute approximate surface area is 147 Å². The molecule has 5 heteroatoms. The van der Waals surface area contributed by atoms with Gasteiger partial charge in [-0.05, 0) is 23.3 Å². The van der Waals surface area contributed by atoms with E-state index in [9.17, 15) is 10.2 Å². The lowest BCUT2D eigenvalue weighted by Gasteiger charge is -2.24. The molecular weight excluding hydrogens is 324 g/mol. The molecule has 0 aliphatic rings. The number of aliphatic hydroxyl groups is 3. The van der Waals surface area contributed by atoms with Crippen molar-refractivity contribution in [3.05, 3.63) is 59.7 Å². The van der Waals surface area contributed by atoms with Crippen molar-refractivity contribution in [2.75, 3.05) is 12.9 Å². The van der Waals surface area contributed by atoms with Crippen LogP contribution in [0.25, 0.3) is 0 Å². The van der Waals surface area contributed by atoms with Crippen molar-refractivity contribution in [2.24, 2.45) is 5.92 Å². The zero-order valence-corrected chi connectivity index (χ0v) is 14.7. The number of ether oxygens (including phenoxy) is 1. The van der Waals surface area contributed by atoms with Crippen LogP contribution in [-0.4, -0.2) is 34.3 Å². The molecule has 0 radical (unpaired) electrons. The summed E-state index contributed by atoms with van der Waals surface area (Å²) in [7, 11) is 1.62. The van der Waals surface area contributed by atoms with E-state index >= 15 is 0 Å². The normalized spacial score (nSPS) is 14.9. The van der Waals surface area contributed by atoms with Gasteiger partial charge in [0.15, 0.2) is 0 Å². The average Bonchev–Trinajstić information content (AvgIpc) is 2.65. The van der Waals surface area contributed by atoms with Crippen molar-refractivity contribution in [3.8, 4) is 5.75 Å². The zero-order chi connectivity index (χ0) is 17.5. The van der Waals surface area contributed by atoms with Gasteiger partial charge >= 0.3 is 0 Å². The van der Waals surface area contributed by atoms with E-state index in [0.29, 0.717) is 5.75 Å². The van der Waals surface area contributed by atoms with Crippen LogP contribution >= 0.6 is 11.8 Å². The lowest BCUT2D eigenvalue weighted by molar-refractivity contribution is 0.0330. The molecule has 4 nitrogen and oxygen atoms in total. The summed E-state index contributed by atoms with van der Waals surface area (Å²) in [6, 6.07) is 14.8. The van der Waals surface area contributed by atoms with Gasteiger partial charge in [0, 0.05) is 16.6 Å². The van der Waals surface area contributed by atoms with Gasteiger partial charge in [-0.15, -0.1) is 11.8 Å². The minimum atomic E-state index is -0.758. The second-order valence-electron chi connectivity index (χ2n) is 5.73. The molecule has 0 saturated carbocycles. The van der Waals surface area contributed by atoms with Crippen LogP contribution < -0.4 is 4.74 Å². The molecule has 0 aromatic heterocycles. The highest BCUT2D eigenvalue weighted by atomic mass is 32.2. The summed E-state index contributed by atoms with van der Waals surface area (Å²) in [5, 5.41) is 29.9. The second kappa shape index (κ2) is 9.08. The van der Waals surface area contributed by atoms with Gasteiger partial charge in [-0.2, -0.15) is 0 Å². The minimum Gasteiger partial charge on any atom is -0.496 e. The number of hydrogen-bond donors (Lipinski definition) is 3.